The molecule has 2 aromatic rings. The quantitative estimate of drug-likeness (QED) is 0.647. The Hall–Kier alpha value is -1.88. The monoisotopic (exact) mass is 498 g/mol. The van der Waals surface area contributed by atoms with E-state index >= 15 is 0 Å². The van der Waals surface area contributed by atoms with Crippen LogP contribution in [0.2, 0.25) is 10.0 Å². The number of benzene rings is 2. The van der Waals surface area contributed by atoms with Crippen LogP contribution in [0.3, 0.4) is 0 Å². The SMILES string of the molecule is COc1ccc(NS(=O)(=O)c2c(Cl)ccc(C(F)(F)F)c2Cl)c2c1C[C@@H](N(C)C)CO2. The van der Waals surface area contributed by atoms with Crippen LogP contribution in [0.5, 0.6) is 11.5 Å². The summed E-state index contributed by atoms with van der Waals surface area (Å²) in [5.41, 5.74) is -0.632. The molecule has 0 radical (unpaired) electrons. The van der Waals surface area contributed by atoms with Crippen LogP contribution in [0.4, 0.5) is 18.9 Å². The summed E-state index contributed by atoms with van der Waals surface area (Å²) in [5, 5.41) is -1.45. The van der Waals surface area contributed by atoms with Gasteiger partial charge < -0.3 is 14.4 Å². The molecule has 12 heteroatoms. The highest BCUT2D eigenvalue weighted by Gasteiger charge is 2.37. The minimum atomic E-state index is -4.85. The number of fused-ring (bicyclic) bond motifs is 1. The molecule has 0 fully saturated rings. The number of nitrogens with one attached hydrogen (secondary N) is 1. The predicted molar refractivity (Wildman–Crippen MR) is 112 cm³/mol. The van der Waals surface area contributed by atoms with E-state index in [9.17, 15) is 21.6 Å². The number of methoxy groups -OCH3 is 1. The number of sulfonamides is 1. The van der Waals surface area contributed by atoms with Crippen molar-refractivity contribution < 1.29 is 31.1 Å². The topological polar surface area (TPSA) is 67.9 Å². The van der Waals surface area contributed by atoms with Crippen LogP contribution in [0.1, 0.15) is 11.1 Å². The molecule has 0 amide bonds. The van der Waals surface area contributed by atoms with Gasteiger partial charge in [-0.3, -0.25) is 4.72 Å². The lowest BCUT2D eigenvalue weighted by atomic mass is 10.00. The van der Waals surface area contributed by atoms with Gasteiger partial charge in [-0.15, -0.1) is 0 Å². The van der Waals surface area contributed by atoms with Crippen LogP contribution in [0.25, 0.3) is 0 Å². The summed E-state index contributed by atoms with van der Waals surface area (Å²) in [7, 11) is 0.657. The average Bonchev–Trinajstić information content (AvgIpc) is 2.66. The Morgan fingerprint density at radius 2 is 1.87 bits per heavy atom. The molecule has 0 saturated heterocycles. The van der Waals surface area contributed by atoms with Crippen molar-refractivity contribution in [3.63, 3.8) is 0 Å². The summed E-state index contributed by atoms with van der Waals surface area (Å²) < 4.78 is 79.0. The van der Waals surface area contributed by atoms with Crippen molar-refractivity contribution in [1.29, 1.82) is 0 Å². The predicted octanol–water partition coefficient (Wildman–Crippen LogP) is 4.69. The molecule has 31 heavy (non-hydrogen) atoms. The van der Waals surface area contributed by atoms with Crippen LogP contribution >= 0.6 is 23.2 Å². The summed E-state index contributed by atoms with van der Waals surface area (Å²) in [6.45, 7) is 0.285. The van der Waals surface area contributed by atoms with E-state index in [2.05, 4.69) is 4.72 Å². The number of alkyl halides is 3. The number of rotatable bonds is 5. The summed E-state index contributed by atoms with van der Waals surface area (Å²) in [6, 6.07) is 4.45. The first-order chi connectivity index (χ1) is 14.4. The Morgan fingerprint density at radius 3 is 2.45 bits per heavy atom. The molecule has 0 saturated carbocycles. The van der Waals surface area contributed by atoms with Gasteiger partial charge in [0.1, 0.15) is 23.0 Å². The number of ether oxygens (including phenoxy) is 2. The van der Waals surface area contributed by atoms with Gasteiger partial charge in [-0.2, -0.15) is 13.2 Å². The summed E-state index contributed by atoms with van der Waals surface area (Å²) >= 11 is 11.7. The lowest BCUT2D eigenvalue weighted by Crippen LogP contribution is -2.38. The largest absolute Gasteiger partial charge is 0.496 e. The normalized spacial score (nSPS) is 16.6. The van der Waals surface area contributed by atoms with Gasteiger partial charge in [0.25, 0.3) is 10.0 Å². The van der Waals surface area contributed by atoms with Crippen molar-refractivity contribution in [3.8, 4) is 11.5 Å². The molecule has 3 rings (SSSR count). The maximum Gasteiger partial charge on any atom is 0.417 e. The van der Waals surface area contributed by atoms with Gasteiger partial charge >= 0.3 is 6.18 Å². The molecule has 0 aliphatic carbocycles. The Morgan fingerprint density at radius 1 is 1.19 bits per heavy atom. The maximum absolute atomic E-state index is 13.2. The molecule has 0 unspecified atom stereocenters. The molecule has 2 aromatic carbocycles. The first-order valence-electron chi connectivity index (χ1n) is 8.94. The molecular weight excluding hydrogens is 480 g/mol. The number of likely N-dealkylation sites (N-methyl/N-ethyl adjacent to an activating group) is 1. The number of hydrogen-bond donors (Lipinski definition) is 1. The van der Waals surface area contributed by atoms with Crippen LogP contribution in [-0.4, -0.2) is 47.2 Å². The van der Waals surface area contributed by atoms with Gasteiger partial charge in [-0.05, 0) is 44.8 Å². The lowest BCUT2D eigenvalue weighted by molar-refractivity contribution is -0.137. The highest BCUT2D eigenvalue weighted by atomic mass is 35.5. The zero-order valence-corrected chi connectivity index (χ0v) is 19.0. The second-order valence-electron chi connectivity index (χ2n) is 7.10. The Bertz CT molecular complexity index is 1110. The Balaban J connectivity index is 2.07. The van der Waals surface area contributed by atoms with E-state index in [-0.39, 0.29) is 24.1 Å². The molecule has 1 atom stereocenters. The molecule has 1 N–H and O–H groups in total. The highest BCUT2D eigenvalue weighted by molar-refractivity contribution is 7.93. The molecule has 1 heterocycles. The zero-order chi connectivity index (χ0) is 23.1. The van der Waals surface area contributed by atoms with Crippen LogP contribution in [0.15, 0.2) is 29.2 Å². The second-order valence-corrected chi connectivity index (χ2v) is 9.50. The van der Waals surface area contributed by atoms with Gasteiger partial charge in [0.15, 0.2) is 0 Å². The molecule has 1 aliphatic heterocycles. The van der Waals surface area contributed by atoms with E-state index < -0.39 is 36.7 Å². The minimum absolute atomic E-state index is 0.0283. The summed E-state index contributed by atoms with van der Waals surface area (Å²) in [4.78, 5) is 1.10. The Labute approximate surface area is 187 Å². The summed E-state index contributed by atoms with van der Waals surface area (Å²) in [6.07, 6.45) is -4.33. The van der Waals surface area contributed by atoms with Crippen molar-refractivity contribution in [2.45, 2.75) is 23.5 Å². The van der Waals surface area contributed by atoms with Crippen molar-refractivity contribution in [1.82, 2.24) is 4.90 Å². The third-order valence-corrected chi connectivity index (χ3v) is 7.28. The molecule has 0 aromatic heterocycles. The fourth-order valence-electron chi connectivity index (χ4n) is 3.24. The molecule has 0 spiro atoms. The van der Waals surface area contributed by atoms with Crippen LogP contribution < -0.4 is 14.2 Å². The van der Waals surface area contributed by atoms with Gasteiger partial charge in [0.2, 0.25) is 0 Å². The third-order valence-electron chi connectivity index (χ3n) is 4.90. The molecular formula is C19H19Cl2F3N2O4S. The van der Waals surface area contributed by atoms with Crippen molar-refractivity contribution >= 4 is 38.9 Å². The molecule has 0 bridgehead atoms. The van der Waals surface area contributed by atoms with E-state index in [1.165, 1.54) is 13.2 Å². The number of nitrogens with zero attached hydrogens (tertiary/aromatic N) is 1. The van der Waals surface area contributed by atoms with Crippen molar-refractivity contribution in [2.75, 3.05) is 32.5 Å². The molecule has 1 aliphatic rings. The zero-order valence-electron chi connectivity index (χ0n) is 16.7. The van der Waals surface area contributed by atoms with E-state index in [0.29, 0.717) is 23.8 Å². The lowest BCUT2D eigenvalue weighted by Gasteiger charge is -2.32. The van der Waals surface area contributed by atoms with Crippen molar-refractivity contribution in [2.24, 2.45) is 0 Å². The minimum Gasteiger partial charge on any atom is -0.496 e. The van der Waals surface area contributed by atoms with Gasteiger partial charge in [0.05, 0.1) is 28.4 Å². The average molecular weight is 499 g/mol. The first-order valence-corrected chi connectivity index (χ1v) is 11.2. The fraction of sp³-hybridized carbons (Fsp3) is 0.368. The number of anilines is 1. The molecule has 170 valence electrons. The van der Waals surface area contributed by atoms with Crippen LogP contribution in [-0.2, 0) is 22.6 Å². The standard InChI is InChI=1S/C19H19Cl2F3N2O4S/c1-26(2)10-8-11-15(29-3)7-6-14(17(11)30-9-10)25-31(27,28)18-13(20)5-4-12(16(18)21)19(22,23)24/h4-7,10,25H,8-9H2,1-3H3/t10-/m1/s1. The summed E-state index contributed by atoms with van der Waals surface area (Å²) in [5.74, 6) is 0.736. The highest BCUT2D eigenvalue weighted by Crippen LogP contribution is 2.44. The van der Waals surface area contributed by atoms with Gasteiger partial charge in [-0.25, -0.2) is 8.42 Å². The van der Waals surface area contributed by atoms with E-state index in [1.54, 1.807) is 6.07 Å². The van der Waals surface area contributed by atoms with Crippen molar-refractivity contribution in [3.05, 3.63) is 45.4 Å². The van der Waals surface area contributed by atoms with Gasteiger partial charge in [-0.1, -0.05) is 23.2 Å². The molecule has 6 nitrogen and oxygen atoms in total. The number of hydrogen-bond acceptors (Lipinski definition) is 5. The third kappa shape index (κ3) is 4.67. The first kappa shape index (κ1) is 23.8. The fourth-order valence-corrected chi connectivity index (χ4v) is 5.55. The van der Waals surface area contributed by atoms with E-state index in [1.807, 2.05) is 19.0 Å². The smallest absolute Gasteiger partial charge is 0.417 e. The van der Waals surface area contributed by atoms with E-state index in [4.69, 9.17) is 32.7 Å². The maximum atomic E-state index is 13.2. The Kier molecular flexibility index (Phi) is 6.57. The second kappa shape index (κ2) is 8.57. The van der Waals surface area contributed by atoms with Crippen LogP contribution in [0, 0.1) is 0 Å². The van der Waals surface area contributed by atoms with E-state index in [0.717, 1.165) is 6.07 Å². The van der Waals surface area contributed by atoms with Gasteiger partial charge in [0, 0.05) is 11.6 Å². The number of halogens is 5.